The minimum absolute atomic E-state index is 0.542. The molecule has 0 saturated heterocycles. The summed E-state index contributed by atoms with van der Waals surface area (Å²) in [6.07, 6.45) is 5.06. The van der Waals surface area contributed by atoms with Gasteiger partial charge in [0.1, 0.15) is 0 Å². The number of rotatable bonds is 4. The SMILES string of the molecule is Cc1cc(C)n(Cc2ccc(NC(=S)NC3CCCC3)cc2)n1. The van der Waals surface area contributed by atoms with E-state index < -0.39 is 0 Å². The molecule has 0 spiro atoms. The highest BCUT2D eigenvalue weighted by atomic mass is 32.1. The number of nitrogens with one attached hydrogen (secondary N) is 2. The van der Waals surface area contributed by atoms with E-state index in [0.29, 0.717) is 6.04 Å². The molecule has 0 radical (unpaired) electrons. The molecule has 5 heteroatoms. The Hall–Kier alpha value is -1.88. The van der Waals surface area contributed by atoms with Crippen molar-refractivity contribution in [1.82, 2.24) is 15.1 Å². The normalized spacial score (nSPS) is 14.9. The van der Waals surface area contributed by atoms with E-state index in [1.165, 1.54) is 36.9 Å². The molecule has 122 valence electrons. The van der Waals surface area contributed by atoms with Gasteiger partial charge in [0.25, 0.3) is 0 Å². The van der Waals surface area contributed by atoms with Gasteiger partial charge < -0.3 is 10.6 Å². The molecular formula is C18H24N4S. The topological polar surface area (TPSA) is 41.9 Å². The van der Waals surface area contributed by atoms with E-state index in [2.05, 4.69) is 53.0 Å². The van der Waals surface area contributed by atoms with Crippen molar-refractivity contribution in [3.63, 3.8) is 0 Å². The van der Waals surface area contributed by atoms with Crippen molar-refractivity contribution in [1.29, 1.82) is 0 Å². The van der Waals surface area contributed by atoms with Crippen LogP contribution in [0, 0.1) is 13.8 Å². The van der Waals surface area contributed by atoms with Gasteiger partial charge in [0.15, 0.2) is 5.11 Å². The predicted molar refractivity (Wildman–Crippen MR) is 98.9 cm³/mol. The molecular weight excluding hydrogens is 304 g/mol. The van der Waals surface area contributed by atoms with Gasteiger partial charge in [-0.1, -0.05) is 25.0 Å². The minimum atomic E-state index is 0.542. The molecule has 0 aliphatic heterocycles. The summed E-state index contributed by atoms with van der Waals surface area (Å²) in [5.74, 6) is 0. The Morgan fingerprint density at radius 2 is 1.91 bits per heavy atom. The maximum absolute atomic E-state index is 5.39. The molecule has 0 unspecified atom stereocenters. The van der Waals surface area contributed by atoms with Crippen LogP contribution in [0.4, 0.5) is 5.69 Å². The number of benzene rings is 1. The Balaban J connectivity index is 1.56. The van der Waals surface area contributed by atoms with Gasteiger partial charge in [0.05, 0.1) is 12.2 Å². The third-order valence-corrected chi connectivity index (χ3v) is 4.56. The number of nitrogens with zero attached hydrogens (tertiary/aromatic N) is 2. The third-order valence-electron chi connectivity index (χ3n) is 4.34. The van der Waals surface area contributed by atoms with E-state index in [-0.39, 0.29) is 0 Å². The van der Waals surface area contributed by atoms with Crippen LogP contribution >= 0.6 is 12.2 Å². The zero-order valence-corrected chi connectivity index (χ0v) is 14.6. The highest BCUT2D eigenvalue weighted by Crippen LogP contribution is 2.18. The molecule has 1 heterocycles. The third kappa shape index (κ3) is 4.32. The molecule has 4 nitrogen and oxygen atoms in total. The quantitative estimate of drug-likeness (QED) is 0.838. The second-order valence-corrected chi connectivity index (χ2v) is 6.77. The number of anilines is 1. The number of hydrogen-bond acceptors (Lipinski definition) is 2. The van der Waals surface area contributed by atoms with E-state index in [9.17, 15) is 0 Å². The van der Waals surface area contributed by atoms with Gasteiger partial charge in [-0.25, -0.2) is 0 Å². The van der Waals surface area contributed by atoms with Crippen LogP contribution in [0.25, 0.3) is 0 Å². The van der Waals surface area contributed by atoms with Crippen molar-refractivity contribution in [3.8, 4) is 0 Å². The van der Waals surface area contributed by atoms with Gasteiger partial charge in [-0.2, -0.15) is 5.10 Å². The van der Waals surface area contributed by atoms with Gasteiger partial charge >= 0.3 is 0 Å². The van der Waals surface area contributed by atoms with Crippen LogP contribution < -0.4 is 10.6 Å². The molecule has 2 N–H and O–H groups in total. The second-order valence-electron chi connectivity index (χ2n) is 6.36. The zero-order valence-electron chi connectivity index (χ0n) is 13.8. The smallest absolute Gasteiger partial charge is 0.170 e. The molecule has 2 aromatic rings. The molecule has 1 saturated carbocycles. The lowest BCUT2D eigenvalue weighted by Gasteiger charge is -2.16. The van der Waals surface area contributed by atoms with Crippen LogP contribution in [0.2, 0.25) is 0 Å². The Kier molecular flexibility index (Phi) is 4.96. The summed E-state index contributed by atoms with van der Waals surface area (Å²) in [6, 6.07) is 11.0. The van der Waals surface area contributed by atoms with Crippen molar-refractivity contribution in [2.75, 3.05) is 5.32 Å². The van der Waals surface area contributed by atoms with Gasteiger partial charge in [0.2, 0.25) is 0 Å². The minimum Gasteiger partial charge on any atom is -0.360 e. The van der Waals surface area contributed by atoms with Crippen molar-refractivity contribution in [2.24, 2.45) is 0 Å². The largest absolute Gasteiger partial charge is 0.360 e. The first kappa shape index (κ1) is 16.0. The fourth-order valence-electron chi connectivity index (χ4n) is 3.12. The monoisotopic (exact) mass is 328 g/mol. The fraction of sp³-hybridized carbons (Fsp3) is 0.444. The first-order chi connectivity index (χ1) is 11.1. The Morgan fingerprint density at radius 3 is 2.52 bits per heavy atom. The molecule has 23 heavy (non-hydrogen) atoms. The average Bonchev–Trinajstić information content (AvgIpc) is 3.11. The first-order valence-electron chi connectivity index (χ1n) is 8.28. The molecule has 1 aromatic heterocycles. The fourth-order valence-corrected chi connectivity index (χ4v) is 3.41. The maximum Gasteiger partial charge on any atom is 0.170 e. The molecule has 1 aliphatic carbocycles. The summed E-state index contributed by atoms with van der Waals surface area (Å²) in [6.45, 7) is 4.91. The van der Waals surface area contributed by atoms with Crippen LogP contribution in [0.15, 0.2) is 30.3 Å². The Bertz CT molecular complexity index is 669. The van der Waals surface area contributed by atoms with E-state index >= 15 is 0 Å². The van der Waals surface area contributed by atoms with Crippen LogP contribution in [-0.2, 0) is 6.54 Å². The van der Waals surface area contributed by atoms with Crippen LogP contribution in [0.3, 0.4) is 0 Å². The number of aromatic nitrogens is 2. The first-order valence-corrected chi connectivity index (χ1v) is 8.68. The summed E-state index contributed by atoms with van der Waals surface area (Å²) in [4.78, 5) is 0. The van der Waals surface area contributed by atoms with Crippen LogP contribution in [0.5, 0.6) is 0 Å². The molecule has 1 fully saturated rings. The molecule has 0 amide bonds. The van der Waals surface area contributed by atoms with Crippen molar-refractivity contribution in [3.05, 3.63) is 47.3 Å². The average molecular weight is 328 g/mol. The summed E-state index contributed by atoms with van der Waals surface area (Å²) < 4.78 is 2.03. The van der Waals surface area contributed by atoms with Gasteiger partial charge in [-0.15, -0.1) is 0 Å². The van der Waals surface area contributed by atoms with Gasteiger partial charge in [0, 0.05) is 17.4 Å². The molecule has 1 aliphatic rings. The lowest BCUT2D eigenvalue weighted by atomic mass is 10.2. The maximum atomic E-state index is 5.39. The Labute approximate surface area is 143 Å². The van der Waals surface area contributed by atoms with Crippen molar-refractivity contribution in [2.45, 2.75) is 52.1 Å². The lowest BCUT2D eigenvalue weighted by Crippen LogP contribution is -2.35. The van der Waals surface area contributed by atoms with Crippen molar-refractivity contribution >= 4 is 23.0 Å². The van der Waals surface area contributed by atoms with E-state index in [1.54, 1.807) is 0 Å². The standard InChI is InChI=1S/C18H24N4S/c1-13-11-14(2)22(21-13)12-15-7-9-17(10-8-15)20-18(23)19-16-5-3-4-6-16/h7-11,16H,3-6,12H2,1-2H3,(H2,19,20,23). The Morgan fingerprint density at radius 1 is 1.22 bits per heavy atom. The van der Waals surface area contributed by atoms with E-state index in [0.717, 1.165) is 23.0 Å². The second kappa shape index (κ2) is 7.13. The summed E-state index contributed by atoms with van der Waals surface area (Å²) in [7, 11) is 0. The zero-order chi connectivity index (χ0) is 16.2. The van der Waals surface area contributed by atoms with E-state index in [1.807, 2.05) is 11.6 Å². The van der Waals surface area contributed by atoms with Crippen LogP contribution in [0.1, 0.15) is 42.6 Å². The summed E-state index contributed by atoms with van der Waals surface area (Å²) in [5, 5.41) is 11.9. The predicted octanol–water partition coefficient (Wildman–Crippen LogP) is 3.78. The molecule has 3 rings (SSSR count). The molecule has 0 atom stereocenters. The summed E-state index contributed by atoms with van der Waals surface area (Å²) in [5.41, 5.74) is 4.50. The van der Waals surface area contributed by atoms with Gasteiger partial charge in [-0.05, 0) is 62.7 Å². The lowest BCUT2D eigenvalue weighted by molar-refractivity contribution is 0.634. The molecule has 0 bridgehead atoms. The summed E-state index contributed by atoms with van der Waals surface area (Å²) >= 11 is 5.39. The molecule has 1 aromatic carbocycles. The highest BCUT2D eigenvalue weighted by molar-refractivity contribution is 7.80. The van der Waals surface area contributed by atoms with Crippen LogP contribution in [-0.4, -0.2) is 20.9 Å². The highest BCUT2D eigenvalue weighted by Gasteiger charge is 2.15. The number of hydrogen-bond donors (Lipinski definition) is 2. The number of aryl methyl sites for hydroxylation is 2. The van der Waals surface area contributed by atoms with Crippen molar-refractivity contribution < 1.29 is 0 Å². The van der Waals surface area contributed by atoms with E-state index in [4.69, 9.17) is 12.2 Å². The van der Waals surface area contributed by atoms with Gasteiger partial charge in [-0.3, -0.25) is 4.68 Å². The number of thiocarbonyl (C=S) groups is 1.